The number of nitrogens with zero attached hydrogens (tertiary/aromatic N) is 1. The Balaban J connectivity index is 0.00000512. The van der Waals surface area contributed by atoms with E-state index in [0.717, 1.165) is 16.9 Å². The van der Waals surface area contributed by atoms with E-state index >= 15 is 0 Å². The highest BCUT2D eigenvalue weighted by atomic mass is 127. The summed E-state index contributed by atoms with van der Waals surface area (Å²) in [5.74, 6) is 0.675. The number of halogens is 2. The Hall–Kier alpha value is -2.40. The fourth-order valence-electron chi connectivity index (χ4n) is 2.69. The lowest BCUT2D eigenvalue weighted by atomic mass is 10.1. The fourth-order valence-corrected chi connectivity index (χ4v) is 2.69. The predicted molar refractivity (Wildman–Crippen MR) is 136 cm³/mol. The van der Waals surface area contributed by atoms with E-state index in [1.165, 1.54) is 24.3 Å². The number of carbonyl (C=O) groups is 1. The lowest BCUT2D eigenvalue weighted by Crippen LogP contribution is -2.41. The summed E-state index contributed by atoms with van der Waals surface area (Å²) in [7, 11) is 0. The van der Waals surface area contributed by atoms with Crippen molar-refractivity contribution >= 4 is 41.5 Å². The second-order valence-corrected chi connectivity index (χ2v) is 6.76. The molecule has 0 aromatic heterocycles. The molecule has 32 heavy (non-hydrogen) atoms. The van der Waals surface area contributed by atoms with E-state index in [4.69, 9.17) is 9.47 Å². The number of rotatable bonds is 11. The lowest BCUT2D eigenvalue weighted by Gasteiger charge is -2.14. The highest BCUT2D eigenvalue weighted by Crippen LogP contribution is 2.21. The molecule has 0 fully saturated rings. The summed E-state index contributed by atoms with van der Waals surface area (Å²) in [6.45, 7) is 8.61. The quantitative estimate of drug-likeness (QED) is 0.169. The average Bonchev–Trinajstić information content (AvgIpc) is 2.76. The molecular weight excluding hydrogens is 526 g/mol. The number of guanidine groups is 1. The third kappa shape index (κ3) is 10.3. The molecule has 0 atom stereocenters. The summed E-state index contributed by atoms with van der Waals surface area (Å²) in [6.07, 6.45) is 0. The molecule has 1 amide bonds. The molecule has 0 saturated carbocycles. The molecular formula is C23H32FIN4O3. The molecule has 2 aromatic carbocycles. The van der Waals surface area contributed by atoms with Gasteiger partial charge in [0.2, 0.25) is 5.91 Å². The largest absolute Gasteiger partial charge is 0.491 e. The molecule has 0 unspecified atom stereocenters. The van der Waals surface area contributed by atoms with Crippen LogP contribution in [0.25, 0.3) is 0 Å². The van der Waals surface area contributed by atoms with E-state index in [9.17, 15) is 9.18 Å². The van der Waals surface area contributed by atoms with E-state index in [0.29, 0.717) is 44.6 Å². The number of nitrogens with one attached hydrogen (secondary N) is 3. The first-order valence-corrected chi connectivity index (χ1v) is 10.4. The van der Waals surface area contributed by atoms with Crippen LogP contribution in [0.4, 0.5) is 10.1 Å². The Morgan fingerprint density at radius 3 is 2.50 bits per heavy atom. The molecule has 0 radical (unpaired) electrons. The van der Waals surface area contributed by atoms with Gasteiger partial charge >= 0.3 is 0 Å². The standard InChI is InChI=1S/C23H31FN4O3.HI/c1-4-25-23(27-16-22(29)28-20-10-8-19(24)9-11-20)26-15-18-7-6-17(3)14-21(18)31-13-12-30-5-2;/h6-11,14H,4-5,12-13,15-16H2,1-3H3,(H,28,29)(H2,25,26,27);1H. The van der Waals surface area contributed by atoms with Gasteiger partial charge in [-0.3, -0.25) is 4.79 Å². The maximum Gasteiger partial charge on any atom is 0.243 e. The molecule has 2 aromatic rings. The Bertz CT molecular complexity index is 863. The van der Waals surface area contributed by atoms with Crippen LogP contribution < -0.4 is 20.7 Å². The monoisotopic (exact) mass is 558 g/mol. The van der Waals surface area contributed by atoms with Gasteiger partial charge in [-0.25, -0.2) is 9.38 Å². The maximum absolute atomic E-state index is 13.0. The summed E-state index contributed by atoms with van der Waals surface area (Å²) in [5, 5.41) is 8.83. The minimum absolute atomic E-state index is 0. The van der Waals surface area contributed by atoms with Crippen LogP contribution in [-0.2, 0) is 16.1 Å². The molecule has 0 saturated heterocycles. The number of hydrogen-bond donors (Lipinski definition) is 3. The SMILES string of the molecule is CCNC(=NCc1ccc(C)cc1OCCOCC)NCC(=O)Nc1ccc(F)cc1.I. The lowest BCUT2D eigenvalue weighted by molar-refractivity contribution is -0.115. The van der Waals surface area contributed by atoms with Gasteiger partial charge in [0.05, 0.1) is 19.7 Å². The van der Waals surface area contributed by atoms with Gasteiger partial charge in [0.1, 0.15) is 18.2 Å². The van der Waals surface area contributed by atoms with Crippen molar-refractivity contribution in [1.82, 2.24) is 10.6 Å². The second-order valence-electron chi connectivity index (χ2n) is 6.76. The topological polar surface area (TPSA) is 84.0 Å². The number of aliphatic imine (C=N–C) groups is 1. The Morgan fingerprint density at radius 1 is 1.06 bits per heavy atom. The summed E-state index contributed by atoms with van der Waals surface area (Å²) in [6, 6.07) is 11.6. The van der Waals surface area contributed by atoms with Crippen LogP contribution in [0.5, 0.6) is 5.75 Å². The van der Waals surface area contributed by atoms with Crippen LogP contribution in [0.15, 0.2) is 47.5 Å². The van der Waals surface area contributed by atoms with Crippen molar-refractivity contribution in [2.24, 2.45) is 4.99 Å². The van der Waals surface area contributed by atoms with Crippen molar-refractivity contribution in [2.45, 2.75) is 27.3 Å². The van der Waals surface area contributed by atoms with Gasteiger partial charge in [0, 0.05) is 24.4 Å². The van der Waals surface area contributed by atoms with E-state index in [1.54, 1.807) is 0 Å². The van der Waals surface area contributed by atoms with Crippen LogP contribution in [0.3, 0.4) is 0 Å². The normalized spacial score (nSPS) is 10.8. The molecule has 0 heterocycles. The van der Waals surface area contributed by atoms with Gasteiger partial charge in [-0.2, -0.15) is 0 Å². The first-order valence-electron chi connectivity index (χ1n) is 10.4. The maximum atomic E-state index is 13.0. The van der Waals surface area contributed by atoms with Crippen LogP contribution in [0.1, 0.15) is 25.0 Å². The van der Waals surface area contributed by atoms with Gasteiger partial charge in [-0.1, -0.05) is 12.1 Å². The van der Waals surface area contributed by atoms with E-state index < -0.39 is 0 Å². The summed E-state index contributed by atoms with van der Waals surface area (Å²) < 4.78 is 24.2. The number of benzene rings is 2. The van der Waals surface area contributed by atoms with Gasteiger partial charge in [0.25, 0.3) is 0 Å². The van der Waals surface area contributed by atoms with Crippen LogP contribution in [0, 0.1) is 12.7 Å². The zero-order valence-corrected chi connectivity index (χ0v) is 21.1. The third-order valence-corrected chi connectivity index (χ3v) is 4.21. The number of amides is 1. The molecule has 0 aliphatic carbocycles. The van der Waals surface area contributed by atoms with Crippen LogP contribution in [-0.4, -0.2) is 44.8 Å². The number of aryl methyl sites for hydroxylation is 1. The van der Waals surface area contributed by atoms with Crippen molar-refractivity contribution in [2.75, 3.05) is 38.2 Å². The van der Waals surface area contributed by atoms with E-state index in [1.807, 2.05) is 39.0 Å². The summed E-state index contributed by atoms with van der Waals surface area (Å²) in [4.78, 5) is 16.7. The smallest absolute Gasteiger partial charge is 0.243 e. The number of ether oxygens (including phenoxy) is 2. The first-order chi connectivity index (χ1) is 15.0. The Kier molecular flexibility index (Phi) is 13.3. The van der Waals surface area contributed by atoms with Crippen LogP contribution >= 0.6 is 24.0 Å². The Morgan fingerprint density at radius 2 is 1.81 bits per heavy atom. The van der Waals surface area contributed by atoms with Crippen molar-refractivity contribution < 1.29 is 18.7 Å². The van der Waals surface area contributed by atoms with Crippen LogP contribution in [0.2, 0.25) is 0 Å². The average molecular weight is 558 g/mol. The third-order valence-electron chi connectivity index (χ3n) is 4.21. The zero-order chi connectivity index (χ0) is 22.5. The zero-order valence-electron chi connectivity index (χ0n) is 18.7. The number of hydrogen-bond acceptors (Lipinski definition) is 4. The van der Waals surface area contributed by atoms with E-state index in [2.05, 4.69) is 20.9 Å². The van der Waals surface area contributed by atoms with Gasteiger partial charge in [-0.05, 0) is 56.7 Å². The highest BCUT2D eigenvalue weighted by molar-refractivity contribution is 14.0. The molecule has 0 spiro atoms. The van der Waals surface area contributed by atoms with E-state index in [-0.39, 0.29) is 42.2 Å². The Labute approximate surface area is 206 Å². The summed E-state index contributed by atoms with van der Waals surface area (Å²) >= 11 is 0. The summed E-state index contributed by atoms with van der Waals surface area (Å²) in [5.41, 5.74) is 2.57. The highest BCUT2D eigenvalue weighted by Gasteiger charge is 2.07. The molecule has 7 nitrogen and oxygen atoms in total. The molecule has 0 aliphatic rings. The second kappa shape index (κ2) is 15.4. The minimum atomic E-state index is -0.352. The molecule has 2 rings (SSSR count). The van der Waals surface area contributed by atoms with Gasteiger partial charge in [0.15, 0.2) is 5.96 Å². The predicted octanol–water partition coefficient (Wildman–Crippen LogP) is 3.86. The fraction of sp³-hybridized carbons (Fsp3) is 0.391. The minimum Gasteiger partial charge on any atom is -0.491 e. The van der Waals surface area contributed by atoms with Crippen molar-refractivity contribution in [3.63, 3.8) is 0 Å². The van der Waals surface area contributed by atoms with Gasteiger partial charge in [-0.15, -0.1) is 24.0 Å². The number of carbonyl (C=O) groups excluding carboxylic acids is 1. The van der Waals surface area contributed by atoms with Crippen molar-refractivity contribution in [1.29, 1.82) is 0 Å². The molecule has 176 valence electrons. The van der Waals surface area contributed by atoms with Crippen molar-refractivity contribution in [3.8, 4) is 5.75 Å². The molecule has 0 aliphatic heterocycles. The molecule has 3 N–H and O–H groups in total. The van der Waals surface area contributed by atoms with Crippen molar-refractivity contribution in [3.05, 3.63) is 59.4 Å². The van der Waals surface area contributed by atoms with Gasteiger partial charge < -0.3 is 25.4 Å². The molecule has 0 bridgehead atoms. The number of anilines is 1. The molecule has 9 heteroatoms. The first kappa shape index (κ1) is 27.6.